The van der Waals surface area contributed by atoms with Gasteiger partial charge < -0.3 is 19.9 Å². The fraction of sp³-hybridized carbons (Fsp3) is 0.280. The lowest BCUT2D eigenvalue weighted by Gasteiger charge is -2.34. The van der Waals surface area contributed by atoms with Gasteiger partial charge in [0.05, 0.1) is 12.0 Å². The number of nitrogens with one attached hydrogen (secondary N) is 1. The molecule has 10 heteroatoms. The molecule has 1 aromatic carbocycles. The number of nitrogens with zero attached hydrogens (tertiary/aromatic N) is 6. The van der Waals surface area contributed by atoms with E-state index in [0.717, 1.165) is 33.5 Å². The van der Waals surface area contributed by atoms with E-state index in [4.69, 9.17) is 9.72 Å². The highest BCUT2D eigenvalue weighted by Crippen LogP contribution is 2.25. The highest BCUT2D eigenvalue weighted by atomic mass is 32.1. The molecule has 35 heavy (non-hydrogen) atoms. The second-order valence-electron chi connectivity index (χ2n) is 8.34. The van der Waals surface area contributed by atoms with Gasteiger partial charge >= 0.3 is 0 Å². The SMILES string of the molecule is COc1ccc(Nc2cc(C)nc(N3CCN(C(=O)c4cc(-c5cccs5)nn4C)CC3)n2)cc1. The van der Waals surface area contributed by atoms with Crippen LogP contribution in [0.15, 0.2) is 53.9 Å². The van der Waals surface area contributed by atoms with Crippen molar-refractivity contribution >= 4 is 34.7 Å². The third-order valence-corrected chi connectivity index (χ3v) is 6.82. The minimum Gasteiger partial charge on any atom is -0.497 e. The molecule has 0 radical (unpaired) electrons. The van der Waals surface area contributed by atoms with Crippen molar-refractivity contribution in [3.05, 3.63) is 65.3 Å². The molecular weight excluding hydrogens is 462 g/mol. The molecule has 1 N–H and O–H groups in total. The standard InChI is InChI=1S/C25H27N7O2S/c1-17-15-23(27-18-6-8-19(34-3)9-7-18)28-25(26-17)32-12-10-31(11-13-32)24(33)21-16-20(29-30(21)2)22-5-4-14-35-22/h4-9,14-16H,10-13H2,1-3H3,(H,26,27,28). The number of ether oxygens (including phenoxy) is 1. The first-order valence-electron chi connectivity index (χ1n) is 11.4. The number of aromatic nitrogens is 4. The molecule has 1 amide bonds. The maximum absolute atomic E-state index is 13.2. The summed E-state index contributed by atoms with van der Waals surface area (Å²) >= 11 is 1.62. The van der Waals surface area contributed by atoms with Crippen molar-refractivity contribution in [3.8, 4) is 16.3 Å². The zero-order valence-electron chi connectivity index (χ0n) is 19.9. The molecule has 0 saturated carbocycles. The Hall–Kier alpha value is -3.92. The maximum atomic E-state index is 13.2. The number of methoxy groups -OCH3 is 1. The minimum atomic E-state index is -0.00511. The summed E-state index contributed by atoms with van der Waals surface area (Å²) in [5, 5.41) is 9.88. The van der Waals surface area contributed by atoms with Gasteiger partial charge in [-0.15, -0.1) is 11.3 Å². The Morgan fingerprint density at radius 3 is 2.51 bits per heavy atom. The third-order valence-electron chi connectivity index (χ3n) is 5.93. The van der Waals surface area contributed by atoms with Crippen LogP contribution in [0.25, 0.3) is 10.6 Å². The first-order valence-corrected chi connectivity index (χ1v) is 12.3. The van der Waals surface area contributed by atoms with Crippen LogP contribution in [0.5, 0.6) is 5.75 Å². The number of benzene rings is 1. The Morgan fingerprint density at radius 1 is 1.06 bits per heavy atom. The summed E-state index contributed by atoms with van der Waals surface area (Å²) in [6.07, 6.45) is 0. The van der Waals surface area contributed by atoms with Crippen LogP contribution < -0.4 is 15.0 Å². The Morgan fingerprint density at radius 2 is 1.83 bits per heavy atom. The van der Waals surface area contributed by atoms with E-state index in [1.807, 2.05) is 72.8 Å². The predicted molar refractivity (Wildman–Crippen MR) is 138 cm³/mol. The average Bonchev–Trinajstić information content (AvgIpc) is 3.54. The van der Waals surface area contributed by atoms with Crippen molar-refractivity contribution in [1.29, 1.82) is 0 Å². The van der Waals surface area contributed by atoms with E-state index in [1.165, 1.54) is 0 Å². The summed E-state index contributed by atoms with van der Waals surface area (Å²) in [5.41, 5.74) is 3.22. The van der Waals surface area contributed by atoms with Gasteiger partial charge in [-0.2, -0.15) is 10.1 Å². The van der Waals surface area contributed by atoms with Gasteiger partial charge in [-0.3, -0.25) is 9.48 Å². The Labute approximate surface area is 208 Å². The minimum absolute atomic E-state index is 0.00511. The Balaban J connectivity index is 1.25. The second kappa shape index (κ2) is 9.75. The molecule has 1 saturated heterocycles. The van der Waals surface area contributed by atoms with Gasteiger partial charge in [-0.25, -0.2) is 4.98 Å². The zero-order valence-corrected chi connectivity index (χ0v) is 20.7. The van der Waals surface area contributed by atoms with Crippen molar-refractivity contribution in [2.24, 2.45) is 7.05 Å². The largest absolute Gasteiger partial charge is 0.497 e. The van der Waals surface area contributed by atoms with E-state index >= 15 is 0 Å². The number of anilines is 3. The van der Waals surface area contributed by atoms with E-state index in [-0.39, 0.29) is 5.91 Å². The van der Waals surface area contributed by atoms with Crippen LogP contribution in [-0.2, 0) is 7.05 Å². The van der Waals surface area contributed by atoms with Gasteiger partial charge in [-0.05, 0) is 48.7 Å². The summed E-state index contributed by atoms with van der Waals surface area (Å²) in [6.45, 7) is 4.46. The van der Waals surface area contributed by atoms with Crippen molar-refractivity contribution < 1.29 is 9.53 Å². The molecule has 4 aromatic rings. The van der Waals surface area contributed by atoms with Crippen molar-refractivity contribution in [3.63, 3.8) is 0 Å². The molecule has 0 spiro atoms. The molecule has 5 rings (SSSR count). The van der Waals surface area contributed by atoms with Crippen LogP contribution in [0.4, 0.5) is 17.5 Å². The molecule has 0 unspecified atom stereocenters. The fourth-order valence-electron chi connectivity index (χ4n) is 4.06. The summed E-state index contributed by atoms with van der Waals surface area (Å²) in [7, 11) is 3.47. The molecule has 0 bridgehead atoms. The van der Waals surface area contributed by atoms with Crippen LogP contribution in [-0.4, -0.2) is 63.8 Å². The first-order chi connectivity index (χ1) is 17.0. The number of amides is 1. The molecule has 0 aliphatic carbocycles. The van der Waals surface area contributed by atoms with E-state index in [2.05, 4.69) is 20.3 Å². The summed E-state index contributed by atoms with van der Waals surface area (Å²) < 4.78 is 6.89. The summed E-state index contributed by atoms with van der Waals surface area (Å²) in [5.74, 6) is 2.19. The Kier molecular flexibility index (Phi) is 6.37. The summed E-state index contributed by atoms with van der Waals surface area (Å²) in [4.78, 5) is 27.6. The van der Waals surface area contributed by atoms with Crippen LogP contribution in [0.3, 0.4) is 0 Å². The molecule has 4 heterocycles. The quantitative estimate of drug-likeness (QED) is 0.439. The van der Waals surface area contributed by atoms with Gasteiger partial charge in [0.25, 0.3) is 5.91 Å². The number of aryl methyl sites for hydroxylation is 2. The lowest BCUT2D eigenvalue weighted by molar-refractivity contribution is 0.0735. The van der Waals surface area contributed by atoms with Gasteiger partial charge in [0, 0.05) is 50.7 Å². The highest BCUT2D eigenvalue weighted by molar-refractivity contribution is 7.13. The third kappa shape index (κ3) is 4.97. The topological polar surface area (TPSA) is 88.4 Å². The Bertz CT molecular complexity index is 1310. The molecule has 0 atom stereocenters. The monoisotopic (exact) mass is 489 g/mol. The summed E-state index contributed by atoms with van der Waals surface area (Å²) in [6, 6.07) is 15.5. The molecule has 9 nitrogen and oxygen atoms in total. The lowest BCUT2D eigenvalue weighted by Crippen LogP contribution is -2.49. The van der Waals surface area contributed by atoms with Crippen molar-refractivity contribution in [1.82, 2.24) is 24.6 Å². The van der Waals surface area contributed by atoms with Crippen molar-refractivity contribution in [2.45, 2.75) is 6.92 Å². The zero-order chi connectivity index (χ0) is 24.4. The highest BCUT2D eigenvalue weighted by Gasteiger charge is 2.26. The van der Waals surface area contributed by atoms with Crippen LogP contribution in [0.1, 0.15) is 16.2 Å². The van der Waals surface area contributed by atoms with E-state index in [0.29, 0.717) is 37.8 Å². The fourth-order valence-corrected chi connectivity index (χ4v) is 4.75. The normalized spacial score (nSPS) is 13.7. The molecule has 1 fully saturated rings. The maximum Gasteiger partial charge on any atom is 0.272 e. The number of rotatable bonds is 6. The van der Waals surface area contributed by atoms with Crippen molar-refractivity contribution in [2.75, 3.05) is 43.5 Å². The molecule has 180 valence electrons. The van der Waals surface area contributed by atoms with Crippen LogP contribution in [0.2, 0.25) is 0 Å². The van der Waals surface area contributed by atoms with E-state index in [1.54, 1.807) is 23.1 Å². The van der Waals surface area contributed by atoms with Gasteiger partial charge in [0.2, 0.25) is 5.95 Å². The number of carbonyl (C=O) groups is 1. The second-order valence-corrected chi connectivity index (χ2v) is 9.29. The van der Waals surface area contributed by atoms with Gasteiger partial charge in [0.15, 0.2) is 0 Å². The average molecular weight is 490 g/mol. The van der Waals surface area contributed by atoms with Gasteiger partial charge in [0.1, 0.15) is 23.0 Å². The van der Waals surface area contributed by atoms with Crippen LogP contribution >= 0.6 is 11.3 Å². The smallest absolute Gasteiger partial charge is 0.272 e. The first kappa shape index (κ1) is 22.9. The van der Waals surface area contributed by atoms with Gasteiger partial charge in [-0.1, -0.05) is 6.07 Å². The number of piperazine rings is 1. The van der Waals surface area contributed by atoms with Crippen LogP contribution in [0, 0.1) is 6.92 Å². The number of thiophene rings is 1. The molecule has 1 aliphatic heterocycles. The number of hydrogen-bond donors (Lipinski definition) is 1. The number of carbonyl (C=O) groups excluding carboxylic acids is 1. The lowest BCUT2D eigenvalue weighted by atomic mass is 10.2. The number of hydrogen-bond acceptors (Lipinski definition) is 8. The van der Waals surface area contributed by atoms with E-state index < -0.39 is 0 Å². The molecule has 1 aliphatic rings. The molecule has 3 aromatic heterocycles. The van der Waals surface area contributed by atoms with E-state index in [9.17, 15) is 4.79 Å². The molecular formula is C25H27N7O2S. The predicted octanol–water partition coefficient (Wildman–Crippen LogP) is 3.96.